The second-order valence-corrected chi connectivity index (χ2v) is 6.67. The van der Waals surface area contributed by atoms with Gasteiger partial charge in [0.1, 0.15) is 12.0 Å². The highest BCUT2D eigenvalue weighted by atomic mass is 32.2. The molecule has 0 radical (unpaired) electrons. The minimum absolute atomic E-state index is 0.0523. The highest BCUT2D eigenvalue weighted by Gasteiger charge is 2.27. The normalized spacial score (nSPS) is 26.4. The molecule has 3 unspecified atom stereocenters. The summed E-state index contributed by atoms with van der Waals surface area (Å²) in [6.45, 7) is 7.87. The lowest BCUT2D eigenvalue weighted by molar-refractivity contribution is -0.148. The van der Waals surface area contributed by atoms with Crippen LogP contribution in [-0.4, -0.2) is 43.1 Å². The van der Waals surface area contributed by atoms with Gasteiger partial charge in [-0.1, -0.05) is 13.8 Å². The summed E-state index contributed by atoms with van der Waals surface area (Å²) in [6.07, 6.45) is 4.25. The number of rotatable bonds is 9. The molecule has 0 N–H and O–H groups in total. The maximum atomic E-state index is 10.8. The smallest absolute Gasteiger partial charge is 0.302 e. The van der Waals surface area contributed by atoms with E-state index in [2.05, 4.69) is 13.8 Å². The molecule has 118 valence electrons. The Morgan fingerprint density at radius 2 is 2.15 bits per heavy atom. The van der Waals surface area contributed by atoms with E-state index in [9.17, 15) is 4.79 Å². The molecule has 1 rings (SSSR count). The number of thioether (sulfide) groups is 1. The molecule has 1 aliphatic rings. The summed E-state index contributed by atoms with van der Waals surface area (Å²) in [5.74, 6) is 1.45. The van der Waals surface area contributed by atoms with E-state index in [-0.39, 0.29) is 17.5 Å². The van der Waals surface area contributed by atoms with Crippen LogP contribution in [-0.2, 0) is 19.0 Å². The zero-order valence-corrected chi connectivity index (χ0v) is 13.7. The molecule has 3 atom stereocenters. The summed E-state index contributed by atoms with van der Waals surface area (Å²) in [5.41, 5.74) is 0.227. The maximum Gasteiger partial charge on any atom is 0.302 e. The van der Waals surface area contributed by atoms with Crippen LogP contribution in [0.2, 0.25) is 0 Å². The van der Waals surface area contributed by atoms with E-state index in [1.807, 2.05) is 11.8 Å². The summed E-state index contributed by atoms with van der Waals surface area (Å²) >= 11 is 1.85. The van der Waals surface area contributed by atoms with Gasteiger partial charge in [-0.15, -0.1) is 11.8 Å². The first-order valence-corrected chi connectivity index (χ1v) is 8.64. The Morgan fingerprint density at radius 1 is 1.35 bits per heavy atom. The number of esters is 1. The first kappa shape index (κ1) is 17.8. The summed E-state index contributed by atoms with van der Waals surface area (Å²) in [7, 11) is 0. The number of carbonyl (C=O) groups is 1. The van der Waals surface area contributed by atoms with Crippen molar-refractivity contribution in [1.29, 1.82) is 0 Å². The average molecular weight is 304 g/mol. The van der Waals surface area contributed by atoms with Gasteiger partial charge in [-0.2, -0.15) is 0 Å². The van der Waals surface area contributed by atoms with Crippen LogP contribution in [0, 0.1) is 5.92 Å². The molecule has 0 saturated carbocycles. The lowest BCUT2D eigenvalue weighted by Gasteiger charge is -2.33. The number of hydrogen-bond acceptors (Lipinski definition) is 5. The molecule has 0 aliphatic carbocycles. The minimum Gasteiger partial charge on any atom is -0.463 e. The first-order valence-electron chi connectivity index (χ1n) is 7.60. The van der Waals surface area contributed by atoms with Crippen molar-refractivity contribution in [3.8, 4) is 0 Å². The van der Waals surface area contributed by atoms with E-state index in [4.69, 9.17) is 14.2 Å². The SMILES string of the molecule is CCCOCCCSC1CC(C)CC(COC(C)=O)O1. The van der Waals surface area contributed by atoms with Crippen LogP contribution in [0.15, 0.2) is 0 Å². The van der Waals surface area contributed by atoms with Crippen molar-refractivity contribution in [2.75, 3.05) is 25.6 Å². The standard InChI is InChI=1S/C15H28O4S/c1-4-6-17-7-5-8-20-15-10-12(2)9-14(19-15)11-18-13(3)16/h12,14-15H,4-11H2,1-3H3. The second kappa shape index (κ2) is 10.5. The average Bonchev–Trinajstić information content (AvgIpc) is 2.40. The zero-order chi connectivity index (χ0) is 14.8. The van der Waals surface area contributed by atoms with Crippen LogP contribution in [0.3, 0.4) is 0 Å². The molecule has 1 fully saturated rings. The third-order valence-electron chi connectivity index (χ3n) is 3.16. The Bertz CT molecular complexity index is 273. The van der Waals surface area contributed by atoms with E-state index in [1.54, 1.807) is 0 Å². The van der Waals surface area contributed by atoms with Gasteiger partial charge in [0.2, 0.25) is 0 Å². The largest absolute Gasteiger partial charge is 0.463 e. The Balaban J connectivity index is 2.15. The van der Waals surface area contributed by atoms with Crippen LogP contribution in [0.5, 0.6) is 0 Å². The van der Waals surface area contributed by atoms with Crippen LogP contribution in [0.1, 0.15) is 46.5 Å². The van der Waals surface area contributed by atoms with E-state index in [0.717, 1.165) is 44.6 Å². The van der Waals surface area contributed by atoms with E-state index in [0.29, 0.717) is 12.5 Å². The predicted molar refractivity (Wildman–Crippen MR) is 81.9 cm³/mol. The Hall–Kier alpha value is -0.260. The Labute approximate surface area is 126 Å². The molecule has 0 aromatic heterocycles. The van der Waals surface area contributed by atoms with E-state index >= 15 is 0 Å². The Morgan fingerprint density at radius 3 is 2.85 bits per heavy atom. The minimum atomic E-state index is -0.232. The first-order chi connectivity index (χ1) is 9.61. The monoisotopic (exact) mass is 304 g/mol. The zero-order valence-electron chi connectivity index (χ0n) is 12.9. The highest BCUT2D eigenvalue weighted by molar-refractivity contribution is 7.99. The summed E-state index contributed by atoms with van der Waals surface area (Å²) in [4.78, 5) is 10.8. The van der Waals surface area contributed by atoms with Gasteiger partial charge in [-0.3, -0.25) is 4.79 Å². The molecule has 0 amide bonds. The van der Waals surface area contributed by atoms with Gasteiger partial charge in [0.15, 0.2) is 0 Å². The third-order valence-corrected chi connectivity index (χ3v) is 4.36. The summed E-state index contributed by atoms with van der Waals surface area (Å²) < 4.78 is 16.5. The van der Waals surface area contributed by atoms with Crippen molar-refractivity contribution < 1.29 is 19.0 Å². The van der Waals surface area contributed by atoms with E-state index in [1.165, 1.54) is 6.92 Å². The molecule has 1 aliphatic heterocycles. The van der Waals surface area contributed by atoms with Gasteiger partial charge in [0.25, 0.3) is 0 Å². The lowest BCUT2D eigenvalue weighted by Crippen LogP contribution is -2.34. The topological polar surface area (TPSA) is 44.8 Å². The predicted octanol–water partition coefficient (Wildman–Crippen LogP) is 3.24. The molecular weight excluding hydrogens is 276 g/mol. The van der Waals surface area contributed by atoms with E-state index < -0.39 is 0 Å². The molecule has 0 bridgehead atoms. The fourth-order valence-electron chi connectivity index (χ4n) is 2.25. The number of ether oxygens (including phenoxy) is 3. The quantitative estimate of drug-likeness (QED) is 0.483. The van der Waals surface area contributed by atoms with Gasteiger partial charge in [-0.25, -0.2) is 0 Å². The molecular formula is C15H28O4S. The molecule has 20 heavy (non-hydrogen) atoms. The van der Waals surface area contributed by atoms with Crippen molar-refractivity contribution >= 4 is 17.7 Å². The molecule has 0 aromatic rings. The van der Waals surface area contributed by atoms with Crippen LogP contribution in [0.25, 0.3) is 0 Å². The van der Waals surface area contributed by atoms with Crippen LogP contribution in [0.4, 0.5) is 0 Å². The number of hydrogen-bond donors (Lipinski definition) is 0. The second-order valence-electron chi connectivity index (χ2n) is 5.40. The molecule has 0 aromatic carbocycles. The summed E-state index contributed by atoms with van der Waals surface area (Å²) in [6, 6.07) is 0. The van der Waals surface area contributed by atoms with Gasteiger partial charge in [0.05, 0.1) is 6.10 Å². The molecule has 1 heterocycles. The van der Waals surface area contributed by atoms with Gasteiger partial charge >= 0.3 is 5.97 Å². The van der Waals surface area contributed by atoms with Crippen LogP contribution < -0.4 is 0 Å². The molecule has 1 saturated heterocycles. The fourth-order valence-corrected chi connectivity index (χ4v) is 3.49. The Kier molecular flexibility index (Phi) is 9.31. The summed E-state index contributed by atoms with van der Waals surface area (Å²) in [5, 5.41) is 0. The molecule has 0 spiro atoms. The van der Waals surface area contributed by atoms with Gasteiger partial charge < -0.3 is 14.2 Å². The number of carbonyl (C=O) groups excluding carboxylic acids is 1. The maximum absolute atomic E-state index is 10.8. The van der Waals surface area contributed by atoms with Crippen molar-refractivity contribution in [2.24, 2.45) is 5.92 Å². The fraction of sp³-hybridized carbons (Fsp3) is 0.933. The van der Waals surface area contributed by atoms with Crippen LogP contribution >= 0.6 is 11.8 Å². The van der Waals surface area contributed by atoms with Crippen molar-refractivity contribution in [2.45, 2.75) is 58.0 Å². The van der Waals surface area contributed by atoms with Gasteiger partial charge in [0, 0.05) is 20.1 Å². The van der Waals surface area contributed by atoms with Crippen molar-refractivity contribution in [1.82, 2.24) is 0 Å². The lowest BCUT2D eigenvalue weighted by atomic mass is 9.98. The van der Waals surface area contributed by atoms with Crippen molar-refractivity contribution in [3.05, 3.63) is 0 Å². The molecule has 5 heteroatoms. The molecule has 4 nitrogen and oxygen atoms in total. The van der Waals surface area contributed by atoms with Crippen molar-refractivity contribution in [3.63, 3.8) is 0 Å². The van der Waals surface area contributed by atoms with Gasteiger partial charge in [-0.05, 0) is 37.4 Å². The third kappa shape index (κ3) is 8.12. The highest BCUT2D eigenvalue weighted by Crippen LogP contribution is 2.31.